The van der Waals surface area contributed by atoms with Crippen LogP contribution in [0, 0.1) is 0 Å². The standard InChI is InChI=1S/C14H17ClN4O/c1-3-4-10-13(16)17-8-18-14(10)19-11-7-9(15)5-6-12(11)20-2/h5-8H,3-4H2,1-2H3,(H3,16,17,18,19). The minimum Gasteiger partial charge on any atom is -0.495 e. The lowest BCUT2D eigenvalue weighted by atomic mass is 10.1. The van der Waals surface area contributed by atoms with Crippen LogP contribution in [0.1, 0.15) is 18.9 Å². The second-order valence-corrected chi connectivity index (χ2v) is 4.74. The average molecular weight is 293 g/mol. The number of halogens is 1. The maximum absolute atomic E-state index is 6.02. The van der Waals surface area contributed by atoms with Gasteiger partial charge in [-0.25, -0.2) is 9.97 Å². The largest absolute Gasteiger partial charge is 0.495 e. The van der Waals surface area contributed by atoms with Crippen LogP contribution in [-0.2, 0) is 6.42 Å². The summed E-state index contributed by atoms with van der Waals surface area (Å²) in [5.74, 6) is 1.86. The van der Waals surface area contributed by atoms with E-state index in [0.717, 1.165) is 24.1 Å². The maximum Gasteiger partial charge on any atom is 0.142 e. The molecular weight excluding hydrogens is 276 g/mol. The van der Waals surface area contributed by atoms with Gasteiger partial charge in [0.2, 0.25) is 0 Å². The normalized spacial score (nSPS) is 10.3. The quantitative estimate of drug-likeness (QED) is 0.883. The predicted octanol–water partition coefficient (Wildman–Crippen LogP) is 3.42. The fraction of sp³-hybridized carbons (Fsp3) is 0.286. The van der Waals surface area contributed by atoms with Crippen molar-refractivity contribution in [1.82, 2.24) is 9.97 Å². The second-order valence-electron chi connectivity index (χ2n) is 4.31. The molecule has 6 heteroatoms. The monoisotopic (exact) mass is 292 g/mol. The van der Waals surface area contributed by atoms with Crippen molar-refractivity contribution in [3.63, 3.8) is 0 Å². The minimum absolute atomic E-state index is 0.491. The number of ether oxygens (including phenoxy) is 1. The van der Waals surface area contributed by atoms with E-state index in [9.17, 15) is 0 Å². The summed E-state index contributed by atoms with van der Waals surface area (Å²) in [6.45, 7) is 2.08. The molecule has 1 heterocycles. The van der Waals surface area contributed by atoms with Crippen LogP contribution in [0.15, 0.2) is 24.5 Å². The highest BCUT2D eigenvalue weighted by Gasteiger charge is 2.11. The Hall–Kier alpha value is -2.01. The van der Waals surface area contributed by atoms with Crippen LogP contribution in [0.25, 0.3) is 0 Å². The number of nitrogens with one attached hydrogen (secondary N) is 1. The van der Waals surface area contributed by atoms with Gasteiger partial charge >= 0.3 is 0 Å². The van der Waals surface area contributed by atoms with Crippen molar-refractivity contribution in [3.05, 3.63) is 35.1 Å². The molecule has 0 spiro atoms. The molecule has 0 aliphatic rings. The van der Waals surface area contributed by atoms with Gasteiger partial charge in [0, 0.05) is 10.6 Å². The van der Waals surface area contributed by atoms with E-state index in [2.05, 4.69) is 22.2 Å². The van der Waals surface area contributed by atoms with Crippen molar-refractivity contribution in [2.24, 2.45) is 0 Å². The molecule has 0 aliphatic heterocycles. The summed E-state index contributed by atoms with van der Waals surface area (Å²) in [4.78, 5) is 8.29. The number of hydrogen-bond donors (Lipinski definition) is 2. The number of rotatable bonds is 5. The van der Waals surface area contributed by atoms with Crippen molar-refractivity contribution in [3.8, 4) is 5.75 Å². The molecule has 0 saturated heterocycles. The smallest absolute Gasteiger partial charge is 0.142 e. The lowest BCUT2D eigenvalue weighted by Gasteiger charge is -2.14. The summed E-state index contributed by atoms with van der Waals surface area (Å²) in [7, 11) is 1.61. The molecule has 0 radical (unpaired) electrons. The van der Waals surface area contributed by atoms with Gasteiger partial charge in [0.25, 0.3) is 0 Å². The Bertz CT molecular complexity index is 604. The Morgan fingerprint density at radius 1 is 1.35 bits per heavy atom. The zero-order chi connectivity index (χ0) is 14.5. The molecule has 0 amide bonds. The summed E-state index contributed by atoms with van der Waals surface area (Å²) in [6.07, 6.45) is 3.20. The summed E-state index contributed by atoms with van der Waals surface area (Å²) < 4.78 is 5.31. The van der Waals surface area contributed by atoms with Gasteiger partial charge in [-0.2, -0.15) is 0 Å². The molecule has 0 atom stereocenters. The molecular formula is C14H17ClN4O. The zero-order valence-corrected chi connectivity index (χ0v) is 12.2. The Balaban J connectivity index is 2.39. The van der Waals surface area contributed by atoms with Gasteiger partial charge in [0.15, 0.2) is 0 Å². The van der Waals surface area contributed by atoms with Crippen LogP contribution in [0.3, 0.4) is 0 Å². The number of hydrogen-bond acceptors (Lipinski definition) is 5. The fourth-order valence-electron chi connectivity index (χ4n) is 1.94. The third-order valence-electron chi connectivity index (χ3n) is 2.89. The summed E-state index contributed by atoms with van der Waals surface area (Å²) in [5, 5.41) is 3.84. The molecule has 2 aromatic rings. The lowest BCUT2D eigenvalue weighted by Crippen LogP contribution is -2.05. The van der Waals surface area contributed by atoms with Crippen molar-refractivity contribution >= 4 is 28.9 Å². The van der Waals surface area contributed by atoms with Crippen molar-refractivity contribution < 1.29 is 4.74 Å². The Morgan fingerprint density at radius 2 is 2.15 bits per heavy atom. The van der Waals surface area contributed by atoms with E-state index in [1.807, 2.05) is 0 Å². The number of benzene rings is 1. The zero-order valence-electron chi connectivity index (χ0n) is 11.5. The number of nitrogens with zero attached hydrogens (tertiary/aromatic N) is 2. The molecule has 20 heavy (non-hydrogen) atoms. The Labute approximate surface area is 123 Å². The van der Waals surface area contributed by atoms with Crippen LogP contribution in [0.2, 0.25) is 5.02 Å². The lowest BCUT2D eigenvalue weighted by molar-refractivity contribution is 0.417. The van der Waals surface area contributed by atoms with E-state index >= 15 is 0 Å². The summed E-state index contributed by atoms with van der Waals surface area (Å²) in [5.41, 5.74) is 7.56. The molecule has 0 unspecified atom stereocenters. The van der Waals surface area contributed by atoms with Gasteiger partial charge in [0.05, 0.1) is 12.8 Å². The fourth-order valence-corrected chi connectivity index (χ4v) is 2.11. The number of nitrogens with two attached hydrogens (primary N) is 1. The molecule has 1 aromatic heterocycles. The highest BCUT2D eigenvalue weighted by Crippen LogP contribution is 2.31. The molecule has 0 fully saturated rings. The highest BCUT2D eigenvalue weighted by molar-refractivity contribution is 6.31. The Kier molecular flexibility index (Phi) is 4.63. The average Bonchev–Trinajstić information content (AvgIpc) is 2.43. The first kappa shape index (κ1) is 14.4. The first-order valence-corrected chi connectivity index (χ1v) is 6.73. The van der Waals surface area contributed by atoms with E-state index in [0.29, 0.717) is 22.4 Å². The topological polar surface area (TPSA) is 73.1 Å². The molecule has 0 saturated carbocycles. The van der Waals surface area contributed by atoms with E-state index in [1.165, 1.54) is 6.33 Å². The number of aromatic nitrogens is 2. The molecule has 2 rings (SSSR count). The van der Waals surface area contributed by atoms with Gasteiger partial charge in [-0.1, -0.05) is 24.9 Å². The second kappa shape index (κ2) is 6.43. The van der Waals surface area contributed by atoms with Crippen LogP contribution >= 0.6 is 11.6 Å². The third-order valence-corrected chi connectivity index (χ3v) is 3.13. The first-order valence-electron chi connectivity index (χ1n) is 6.35. The van der Waals surface area contributed by atoms with Crippen LogP contribution in [-0.4, -0.2) is 17.1 Å². The van der Waals surface area contributed by atoms with Gasteiger partial charge in [-0.05, 0) is 24.6 Å². The van der Waals surface area contributed by atoms with E-state index in [1.54, 1.807) is 25.3 Å². The molecule has 1 aromatic carbocycles. The van der Waals surface area contributed by atoms with Gasteiger partial charge < -0.3 is 15.8 Å². The van der Waals surface area contributed by atoms with Gasteiger partial charge in [-0.3, -0.25) is 0 Å². The summed E-state index contributed by atoms with van der Waals surface area (Å²) in [6, 6.07) is 5.36. The number of anilines is 3. The molecule has 0 bridgehead atoms. The van der Waals surface area contributed by atoms with E-state index < -0.39 is 0 Å². The van der Waals surface area contributed by atoms with Crippen molar-refractivity contribution in [1.29, 1.82) is 0 Å². The predicted molar refractivity (Wildman–Crippen MR) is 81.7 cm³/mol. The van der Waals surface area contributed by atoms with E-state index in [4.69, 9.17) is 22.1 Å². The van der Waals surface area contributed by atoms with Crippen LogP contribution < -0.4 is 15.8 Å². The molecule has 3 N–H and O–H groups in total. The first-order chi connectivity index (χ1) is 9.65. The van der Waals surface area contributed by atoms with E-state index in [-0.39, 0.29) is 0 Å². The van der Waals surface area contributed by atoms with Crippen molar-refractivity contribution in [2.45, 2.75) is 19.8 Å². The maximum atomic E-state index is 6.02. The minimum atomic E-state index is 0.491. The van der Waals surface area contributed by atoms with Crippen LogP contribution in [0.4, 0.5) is 17.3 Å². The van der Waals surface area contributed by atoms with Gasteiger partial charge in [-0.15, -0.1) is 0 Å². The molecule has 0 aliphatic carbocycles. The van der Waals surface area contributed by atoms with Crippen LogP contribution in [0.5, 0.6) is 5.75 Å². The Morgan fingerprint density at radius 3 is 2.85 bits per heavy atom. The SMILES string of the molecule is CCCc1c(N)ncnc1Nc1cc(Cl)ccc1OC. The molecule has 106 valence electrons. The third kappa shape index (κ3) is 3.11. The molecule has 5 nitrogen and oxygen atoms in total. The van der Waals surface area contributed by atoms with Gasteiger partial charge in [0.1, 0.15) is 23.7 Å². The summed E-state index contributed by atoms with van der Waals surface area (Å²) >= 11 is 6.02. The highest BCUT2D eigenvalue weighted by atomic mass is 35.5. The number of methoxy groups -OCH3 is 1. The number of nitrogen functional groups attached to an aromatic ring is 1. The van der Waals surface area contributed by atoms with Crippen molar-refractivity contribution in [2.75, 3.05) is 18.2 Å².